The van der Waals surface area contributed by atoms with Crippen LogP contribution < -0.4 is 0 Å². The molecule has 2 heterocycles. The van der Waals surface area contributed by atoms with Crippen LogP contribution in [0.3, 0.4) is 0 Å². The molecule has 0 spiro atoms. The minimum atomic E-state index is -0.180. The molecule has 1 aliphatic heterocycles. The summed E-state index contributed by atoms with van der Waals surface area (Å²) in [6, 6.07) is 0.0899. The Morgan fingerprint density at radius 1 is 1.12 bits per heavy atom. The number of rotatable bonds is 10. The molecule has 0 bridgehead atoms. The fourth-order valence-electron chi connectivity index (χ4n) is 3.31. The number of hydrogen-bond donors (Lipinski definition) is 1. The van der Waals surface area contributed by atoms with E-state index in [2.05, 4.69) is 18.8 Å². The van der Waals surface area contributed by atoms with Crippen LogP contribution in [0.25, 0.3) is 0 Å². The molecule has 1 aliphatic rings. The Kier molecular flexibility index (Phi) is 9.97. The van der Waals surface area contributed by atoms with Gasteiger partial charge in [-0.3, -0.25) is 4.79 Å². The smallest absolute Gasteiger partial charge is 0.289 e. The van der Waals surface area contributed by atoms with Gasteiger partial charge in [-0.2, -0.15) is 0 Å². The lowest BCUT2D eigenvalue weighted by Gasteiger charge is -2.26. The van der Waals surface area contributed by atoms with Crippen molar-refractivity contribution in [2.75, 3.05) is 6.54 Å². The molecule has 0 radical (unpaired) electrons. The largest absolute Gasteiger partial charge is 0.503 e. The lowest BCUT2D eigenvalue weighted by Crippen LogP contribution is -2.37. The third kappa shape index (κ3) is 5.91. The van der Waals surface area contributed by atoms with Crippen molar-refractivity contribution in [2.45, 2.75) is 85.2 Å². The van der Waals surface area contributed by atoms with E-state index in [0.29, 0.717) is 6.54 Å². The van der Waals surface area contributed by atoms with Crippen molar-refractivity contribution in [3.63, 3.8) is 0 Å². The van der Waals surface area contributed by atoms with Crippen LogP contribution in [0.5, 0.6) is 0 Å². The number of aryl methyl sites for hydroxylation is 1. The molecule has 1 aromatic rings. The van der Waals surface area contributed by atoms with Crippen LogP contribution >= 0.6 is 0 Å². The van der Waals surface area contributed by atoms with E-state index in [9.17, 15) is 9.90 Å². The van der Waals surface area contributed by atoms with Crippen molar-refractivity contribution in [3.8, 4) is 0 Å². The highest BCUT2D eigenvalue weighted by atomic mass is 16.3. The Balaban J connectivity index is 0.00000151. The van der Waals surface area contributed by atoms with Gasteiger partial charge < -0.3 is 14.6 Å². The zero-order valence-electron chi connectivity index (χ0n) is 16.4. The molecular formula is C20H35N3O2. The summed E-state index contributed by atoms with van der Waals surface area (Å²) < 4.78 is 2.02. The van der Waals surface area contributed by atoms with E-state index in [4.69, 9.17) is 0 Å². The average molecular weight is 350 g/mol. The Morgan fingerprint density at radius 3 is 2.48 bits per heavy atom. The van der Waals surface area contributed by atoms with Crippen molar-refractivity contribution in [1.82, 2.24) is 14.5 Å². The van der Waals surface area contributed by atoms with Gasteiger partial charge in [0.05, 0.1) is 12.4 Å². The Morgan fingerprint density at radius 2 is 1.88 bits per heavy atom. The molecule has 142 valence electrons. The molecule has 1 atom stereocenters. The summed E-state index contributed by atoms with van der Waals surface area (Å²) in [6.07, 6.45) is 12.5. The molecule has 5 heteroatoms. The van der Waals surface area contributed by atoms with Crippen LogP contribution in [0.15, 0.2) is 30.1 Å². The van der Waals surface area contributed by atoms with Crippen LogP contribution in [0.2, 0.25) is 0 Å². The summed E-state index contributed by atoms with van der Waals surface area (Å²) in [5, 5.41) is 10.3. The van der Waals surface area contributed by atoms with Crippen LogP contribution in [-0.2, 0) is 11.3 Å². The van der Waals surface area contributed by atoms with E-state index in [1.165, 1.54) is 0 Å². The first-order valence-corrected chi connectivity index (χ1v) is 9.87. The molecule has 0 aromatic carbocycles. The first-order valence-electron chi connectivity index (χ1n) is 9.87. The fourth-order valence-corrected chi connectivity index (χ4v) is 3.31. The Hall–Kier alpha value is -1.78. The maximum atomic E-state index is 12.4. The van der Waals surface area contributed by atoms with E-state index < -0.39 is 0 Å². The highest BCUT2D eigenvalue weighted by molar-refractivity contribution is 5.95. The summed E-state index contributed by atoms with van der Waals surface area (Å²) in [5.74, 6) is -0.164. The molecule has 1 aromatic heterocycles. The van der Waals surface area contributed by atoms with E-state index >= 15 is 0 Å². The third-order valence-electron chi connectivity index (χ3n) is 4.53. The number of carbonyl (C=O) groups excluding carboxylic acids is 1. The molecule has 25 heavy (non-hydrogen) atoms. The van der Waals surface area contributed by atoms with Gasteiger partial charge in [0.1, 0.15) is 0 Å². The SMILES string of the molecule is CC.CCCCCC1=C(O)C(=O)N(CCCn2ccnc2)C1CCC. The molecule has 0 fully saturated rings. The van der Waals surface area contributed by atoms with Crippen LogP contribution in [-0.4, -0.2) is 38.1 Å². The third-order valence-corrected chi connectivity index (χ3v) is 4.53. The average Bonchev–Trinajstić information content (AvgIpc) is 3.22. The number of imidazole rings is 1. The van der Waals surface area contributed by atoms with Gasteiger partial charge in [-0.1, -0.05) is 47.0 Å². The van der Waals surface area contributed by atoms with Gasteiger partial charge in [0, 0.05) is 25.5 Å². The molecule has 1 unspecified atom stereocenters. The first-order chi connectivity index (χ1) is 12.2. The van der Waals surface area contributed by atoms with Gasteiger partial charge in [-0.05, 0) is 31.3 Å². The van der Waals surface area contributed by atoms with Crippen molar-refractivity contribution in [1.29, 1.82) is 0 Å². The minimum absolute atomic E-state index is 0.0159. The van der Waals surface area contributed by atoms with E-state index in [1.54, 1.807) is 12.5 Å². The minimum Gasteiger partial charge on any atom is -0.503 e. The van der Waals surface area contributed by atoms with E-state index in [0.717, 1.165) is 57.1 Å². The number of hydrogen-bond acceptors (Lipinski definition) is 3. The van der Waals surface area contributed by atoms with Gasteiger partial charge >= 0.3 is 0 Å². The number of aliphatic hydroxyl groups is 1. The summed E-state index contributed by atoms with van der Waals surface area (Å²) in [7, 11) is 0. The molecule has 0 saturated carbocycles. The summed E-state index contributed by atoms with van der Waals surface area (Å²) >= 11 is 0. The lowest BCUT2D eigenvalue weighted by atomic mass is 9.97. The molecule has 1 N–H and O–H groups in total. The number of amides is 1. The normalized spacial score (nSPS) is 17.0. The van der Waals surface area contributed by atoms with Crippen molar-refractivity contribution in [3.05, 3.63) is 30.1 Å². The van der Waals surface area contributed by atoms with Crippen molar-refractivity contribution in [2.24, 2.45) is 0 Å². The molecular weight excluding hydrogens is 314 g/mol. The van der Waals surface area contributed by atoms with Gasteiger partial charge in [-0.15, -0.1) is 0 Å². The summed E-state index contributed by atoms with van der Waals surface area (Å²) in [5.41, 5.74) is 0.966. The predicted molar refractivity (Wildman–Crippen MR) is 102 cm³/mol. The number of aliphatic hydroxyl groups excluding tert-OH is 1. The number of unbranched alkanes of at least 4 members (excludes halogenated alkanes) is 2. The zero-order valence-corrected chi connectivity index (χ0v) is 16.4. The monoisotopic (exact) mass is 349 g/mol. The standard InChI is InChI=1S/C18H29N3O2.C2H6/c1-3-5-6-9-15-16(8-4-2)21(18(23)17(15)22)12-7-11-20-13-10-19-14-20;1-2/h10,13-14,16,22H,3-9,11-12H2,1-2H3;1-2H3. The molecule has 0 saturated heterocycles. The van der Waals surface area contributed by atoms with Gasteiger partial charge in [0.2, 0.25) is 0 Å². The van der Waals surface area contributed by atoms with E-state index in [-0.39, 0.29) is 17.7 Å². The summed E-state index contributed by atoms with van der Waals surface area (Å²) in [4.78, 5) is 18.3. The lowest BCUT2D eigenvalue weighted by molar-refractivity contribution is -0.129. The van der Waals surface area contributed by atoms with Crippen LogP contribution in [0.4, 0.5) is 0 Å². The van der Waals surface area contributed by atoms with Gasteiger partial charge in [-0.25, -0.2) is 4.98 Å². The maximum absolute atomic E-state index is 12.4. The van der Waals surface area contributed by atoms with Crippen molar-refractivity contribution < 1.29 is 9.90 Å². The molecule has 2 rings (SSSR count). The first kappa shape index (κ1) is 21.3. The highest BCUT2D eigenvalue weighted by Gasteiger charge is 2.37. The fraction of sp³-hybridized carbons (Fsp3) is 0.700. The Bertz CT molecular complexity index is 523. The Labute approximate surface area is 152 Å². The number of nitrogens with zero attached hydrogens (tertiary/aromatic N) is 3. The maximum Gasteiger partial charge on any atom is 0.289 e. The van der Waals surface area contributed by atoms with Crippen LogP contribution in [0.1, 0.15) is 72.6 Å². The van der Waals surface area contributed by atoms with Crippen LogP contribution in [0, 0.1) is 0 Å². The zero-order chi connectivity index (χ0) is 18.7. The molecule has 5 nitrogen and oxygen atoms in total. The summed E-state index contributed by atoms with van der Waals surface area (Å²) in [6.45, 7) is 9.82. The number of aromatic nitrogens is 2. The van der Waals surface area contributed by atoms with Gasteiger partial charge in [0.25, 0.3) is 5.91 Å². The number of carbonyl (C=O) groups is 1. The van der Waals surface area contributed by atoms with Crippen molar-refractivity contribution >= 4 is 5.91 Å². The molecule has 1 amide bonds. The second kappa shape index (κ2) is 11.7. The van der Waals surface area contributed by atoms with E-state index in [1.807, 2.05) is 29.5 Å². The second-order valence-electron chi connectivity index (χ2n) is 6.29. The van der Waals surface area contributed by atoms with Gasteiger partial charge in [0.15, 0.2) is 5.76 Å². The quantitative estimate of drug-likeness (QED) is 0.623. The predicted octanol–water partition coefficient (Wildman–Crippen LogP) is 4.70. The second-order valence-corrected chi connectivity index (χ2v) is 6.29. The highest BCUT2D eigenvalue weighted by Crippen LogP contribution is 2.31. The molecule has 0 aliphatic carbocycles. The topological polar surface area (TPSA) is 58.4 Å².